The number of halogens is 1. The fraction of sp³-hybridized carbons (Fsp3) is 0.105. The summed E-state index contributed by atoms with van der Waals surface area (Å²) in [6.45, 7) is 1.79. The number of esters is 1. The predicted octanol–water partition coefficient (Wildman–Crippen LogP) is 3.91. The van der Waals surface area contributed by atoms with Crippen LogP contribution in [0.2, 0.25) is 0 Å². The summed E-state index contributed by atoms with van der Waals surface area (Å²) < 4.78 is 18.5. The molecule has 0 aliphatic rings. The van der Waals surface area contributed by atoms with Crippen LogP contribution in [0, 0.1) is 24.1 Å². The number of fused-ring (bicyclic) bond motifs is 1. The van der Waals surface area contributed by atoms with E-state index in [2.05, 4.69) is 4.98 Å². The molecular formula is C19H13FN2O2. The van der Waals surface area contributed by atoms with Gasteiger partial charge < -0.3 is 4.74 Å². The largest absolute Gasteiger partial charge is 0.457 e. The van der Waals surface area contributed by atoms with Crippen LogP contribution in [0.15, 0.2) is 48.5 Å². The van der Waals surface area contributed by atoms with Crippen molar-refractivity contribution in [3.63, 3.8) is 0 Å². The van der Waals surface area contributed by atoms with Crippen molar-refractivity contribution in [2.45, 2.75) is 13.5 Å². The molecule has 3 rings (SSSR count). The minimum atomic E-state index is -0.490. The number of carbonyl (C=O) groups excluding carboxylic acids is 1. The molecular weight excluding hydrogens is 307 g/mol. The van der Waals surface area contributed by atoms with Gasteiger partial charge in [0.25, 0.3) is 0 Å². The SMILES string of the molecule is Cc1nc2cc(F)ccc2cc1C(=O)OCc1ccc(C#N)cc1. The van der Waals surface area contributed by atoms with Crippen molar-refractivity contribution in [2.24, 2.45) is 0 Å². The molecule has 0 aliphatic heterocycles. The van der Waals surface area contributed by atoms with Gasteiger partial charge in [0.1, 0.15) is 12.4 Å². The third kappa shape index (κ3) is 3.23. The van der Waals surface area contributed by atoms with Crippen LogP contribution in [0.5, 0.6) is 0 Å². The molecule has 0 N–H and O–H groups in total. The van der Waals surface area contributed by atoms with Crippen molar-refractivity contribution in [3.05, 3.63) is 76.7 Å². The van der Waals surface area contributed by atoms with Crippen LogP contribution in [-0.4, -0.2) is 11.0 Å². The first-order chi connectivity index (χ1) is 11.6. The van der Waals surface area contributed by atoms with E-state index in [1.54, 1.807) is 43.3 Å². The van der Waals surface area contributed by atoms with Crippen LogP contribution in [0.25, 0.3) is 10.9 Å². The molecule has 0 atom stereocenters. The Labute approximate surface area is 138 Å². The number of aryl methyl sites for hydroxylation is 1. The molecule has 4 nitrogen and oxygen atoms in total. The number of ether oxygens (including phenoxy) is 1. The Balaban J connectivity index is 1.79. The monoisotopic (exact) mass is 320 g/mol. The van der Waals surface area contributed by atoms with Crippen molar-refractivity contribution >= 4 is 16.9 Å². The third-order valence-electron chi connectivity index (χ3n) is 3.64. The first-order valence-electron chi connectivity index (χ1n) is 7.30. The normalized spacial score (nSPS) is 10.4. The molecule has 0 amide bonds. The van der Waals surface area contributed by atoms with E-state index < -0.39 is 5.97 Å². The summed E-state index contributed by atoms with van der Waals surface area (Å²) in [6, 6.07) is 14.7. The van der Waals surface area contributed by atoms with Crippen LogP contribution in [0.1, 0.15) is 27.2 Å². The standard InChI is InChI=1S/C19H13FN2O2/c1-12-17(8-15-6-7-16(20)9-18(15)22-12)19(23)24-11-14-4-2-13(10-21)3-5-14/h2-9H,11H2,1H3. The van der Waals surface area contributed by atoms with Crippen molar-refractivity contribution in [3.8, 4) is 6.07 Å². The predicted molar refractivity (Wildman–Crippen MR) is 86.7 cm³/mol. The Hall–Kier alpha value is -3.26. The van der Waals surface area contributed by atoms with Crippen LogP contribution < -0.4 is 0 Å². The van der Waals surface area contributed by atoms with Crippen LogP contribution in [-0.2, 0) is 11.3 Å². The summed E-state index contributed by atoms with van der Waals surface area (Å²) in [6.07, 6.45) is 0. The number of nitrogens with zero attached hydrogens (tertiary/aromatic N) is 2. The Morgan fingerprint density at radius 1 is 1.21 bits per heavy atom. The molecule has 0 aliphatic carbocycles. The molecule has 3 aromatic rings. The van der Waals surface area contributed by atoms with E-state index >= 15 is 0 Å². The average Bonchev–Trinajstić information content (AvgIpc) is 2.59. The molecule has 0 unspecified atom stereocenters. The van der Waals surface area contributed by atoms with Gasteiger partial charge in [-0.15, -0.1) is 0 Å². The lowest BCUT2D eigenvalue weighted by Crippen LogP contribution is -2.08. The van der Waals surface area contributed by atoms with Gasteiger partial charge in [0.15, 0.2) is 0 Å². The quantitative estimate of drug-likeness (QED) is 0.686. The lowest BCUT2D eigenvalue weighted by atomic mass is 10.1. The van der Waals surface area contributed by atoms with Crippen molar-refractivity contribution in [1.29, 1.82) is 5.26 Å². The van der Waals surface area contributed by atoms with E-state index in [0.717, 1.165) is 5.56 Å². The molecule has 0 radical (unpaired) electrons. The van der Waals surface area contributed by atoms with E-state index in [1.807, 2.05) is 6.07 Å². The van der Waals surface area contributed by atoms with Crippen LogP contribution in [0.3, 0.4) is 0 Å². The van der Waals surface area contributed by atoms with Gasteiger partial charge in [0, 0.05) is 11.5 Å². The minimum Gasteiger partial charge on any atom is -0.457 e. The molecule has 1 heterocycles. The highest BCUT2D eigenvalue weighted by molar-refractivity contribution is 5.95. The Morgan fingerprint density at radius 3 is 2.67 bits per heavy atom. The van der Waals surface area contributed by atoms with Crippen molar-refractivity contribution in [2.75, 3.05) is 0 Å². The zero-order valence-electron chi connectivity index (χ0n) is 12.9. The van der Waals surface area contributed by atoms with E-state index in [9.17, 15) is 9.18 Å². The molecule has 0 fully saturated rings. The topological polar surface area (TPSA) is 63.0 Å². The van der Waals surface area contributed by atoms with Gasteiger partial charge in [-0.1, -0.05) is 12.1 Å². The number of hydrogen-bond acceptors (Lipinski definition) is 4. The molecule has 2 aromatic carbocycles. The molecule has 5 heteroatoms. The minimum absolute atomic E-state index is 0.103. The number of aromatic nitrogens is 1. The summed E-state index contributed by atoms with van der Waals surface area (Å²) >= 11 is 0. The summed E-state index contributed by atoms with van der Waals surface area (Å²) in [5.41, 5.74) is 2.67. The first kappa shape index (κ1) is 15.6. The second-order valence-corrected chi connectivity index (χ2v) is 5.34. The van der Waals surface area contributed by atoms with Gasteiger partial charge in [0.05, 0.1) is 28.4 Å². The lowest BCUT2D eigenvalue weighted by Gasteiger charge is -2.08. The maximum atomic E-state index is 13.2. The molecule has 118 valence electrons. The van der Waals surface area contributed by atoms with Crippen molar-refractivity contribution in [1.82, 2.24) is 4.98 Å². The highest BCUT2D eigenvalue weighted by Gasteiger charge is 2.13. The second kappa shape index (κ2) is 6.47. The molecule has 0 saturated carbocycles. The number of nitriles is 1. The average molecular weight is 320 g/mol. The number of hydrogen-bond donors (Lipinski definition) is 0. The summed E-state index contributed by atoms with van der Waals surface area (Å²) in [5, 5.41) is 9.44. The van der Waals surface area contributed by atoms with Gasteiger partial charge in [-0.25, -0.2) is 9.18 Å². The van der Waals surface area contributed by atoms with Crippen LogP contribution >= 0.6 is 0 Å². The number of benzene rings is 2. The Kier molecular flexibility index (Phi) is 4.21. The smallest absolute Gasteiger partial charge is 0.340 e. The molecule has 0 bridgehead atoms. The van der Waals surface area contributed by atoms with Crippen molar-refractivity contribution < 1.29 is 13.9 Å². The van der Waals surface area contributed by atoms with E-state index in [-0.39, 0.29) is 12.4 Å². The summed E-state index contributed by atoms with van der Waals surface area (Å²) in [4.78, 5) is 16.5. The Bertz CT molecular complexity index is 960. The zero-order chi connectivity index (χ0) is 17.1. The highest BCUT2D eigenvalue weighted by atomic mass is 19.1. The molecule has 24 heavy (non-hydrogen) atoms. The zero-order valence-corrected chi connectivity index (χ0v) is 12.9. The van der Waals surface area contributed by atoms with E-state index in [4.69, 9.17) is 10.00 Å². The molecule has 0 saturated heterocycles. The lowest BCUT2D eigenvalue weighted by molar-refractivity contribution is 0.0471. The molecule has 1 aromatic heterocycles. The molecule has 0 spiro atoms. The van der Waals surface area contributed by atoms with Crippen LogP contribution in [0.4, 0.5) is 4.39 Å². The van der Waals surface area contributed by atoms with E-state index in [0.29, 0.717) is 27.7 Å². The first-order valence-corrected chi connectivity index (χ1v) is 7.30. The van der Waals surface area contributed by atoms with Gasteiger partial charge in [-0.3, -0.25) is 4.98 Å². The van der Waals surface area contributed by atoms with Gasteiger partial charge in [-0.05, 0) is 42.8 Å². The van der Waals surface area contributed by atoms with Gasteiger partial charge >= 0.3 is 5.97 Å². The third-order valence-corrected chi connectivity index (χ3v) is 3.64. The fourth-order valence-electron chi connectivity index (χ4n) is 2.35. The maximum Gasteiger partial charge on any atom is 0.340 e. The Morgan fingerprint density at radius 2 is 1.96 bits per heavy atom. The fourth-order valence-corrected chi connectivity index (χ4v) is 2.35. The second-order valence-electron chi connectivity index (χ2n) is 5.34. The maximum absolute atomic E-state index is 13.2. The van der Waals surface area contributed by atoms with E-state index in [1.165, 1.54) is 12.1 Å². The summed E-state index contributed by atoms with van der Waals surface area (Å²) in [7, 11) is 0. The highest BCUT2D eigenvalue weighted by Crippen LogP contribution is 2.19. The number of carbonyl (C=O) groups is 1. The number of rotatable bonds is 3. The van der Waals surface area contributed by atoms with Gasteiger partial charge in [0.2, 0.25) is 0 Å². The van der Waals surface area contributed by atoms with Gasteiger partial charge in [-0.2, -0.15) is 5.26 Å². The summed E-state index contributed by atoms with van der Waals surface area (Å²) in [5.74, 6) is -0.860. The number of pyridine rings is 1.